The summed E-state index contributed by atoms with van der Waals surface area (Å²) in [5.41, 5.74) is 3.59. The van der Waals surface area contributed by atoms with Crippen LogP contribution in [-0.2, 0) is 0 Å². The van der Waals surface area contributed by atoms with Crippen molar-refractivity contribution in [2.75, 3.05) is 0 Å². The highest BCUT2D eigenvalue weighted by atomic mass is 35.5. The molecule has 0 radical (unpaired) electrons. The second kappa shape index (κ2) is 6.38. The summed E-state index contributed by atoms with van der Waals surface area (Å²) in [4.78, 5) is 0. The first-order valence-corrected chi connectivity index (χ1v) is 7.20. The van der Waals surface area contributed by atoms with Gasteiger partial charge in [0.15, 0.2) is 5.15 Å². The predicted molar refractivity (Wildman–Crippen MR) is 86.4 cm³/mol. The fraction of sp³-hybridized carbons (Fsp3) is 0.0556. The van der Waals surface area contributed by atoms with Crippen molar-refractivity contribution in [3.8, 4) is 17.2 Å². The van der Waals surface area contributed by atoms with E-state index in [1.54, 1.807) is 12.1 Å². The molecule has 1 unspecified atom stereocenters. The molecule has 1 aromatic heterocycles. The van der Waals surface area contributed by atoms with E-state index in [1.807, 2.05) is 54.6 Å². The molecular weight excluding hydrogens is 294 g/mol. The fourth-order valence-electron chi connectivity index (χ4n) is 2.40. The van der Waals surface area contributed by atoms with Crippen molar-refractivity contribution in [1.82, 2.24) is 10.2 Å². The first kappa shape index (κ1) is 14.2. The van der Waals surface area contributed by atoms with Crippen molar-refractivity contribution < 1.29 is 0 Å². The van der Waals surface area contributed by atoms with Crippen LogP contribution in [0.2, 0.25) is 5.15 Å². The topological polar surface area (TPSA) is 49.6 Å². The second-order valence-electron chi connectivity index (χ2n) is 4.80. The number of rotatable bonds is 3. The smallest absolute Gasteiger partial charge is 0.151 e. The van der Waals surface area contributed by atoms with Crippen molar-refractivity contribution in [2.45, 2.75) is 5.92 Å². The average Bonchev–Trinajstić information content (AvgIpc) is 2.58. The molecule has 3 aromatic rings. The lowest BCUT2D eigenvalue weighted by molar-refractivity contribution is 0.886. The van der Waals surface area contributed by atoms with Gasteiger partial charge in [-0.3, -0.25) is 0 Å². The zero-order chi connectivity index (χ0) is 15.4. The minimum absolute atomic E-state index is 0.316. The molecule has 3 nitrogen and oxygen atoms in total. The van der Waals surface area contributed by atoms with Crippen LogP contribution in [0.15, 0.2) is 66.7 Å². The van der Waals surface area contributed by atoms with E-state index in [4.69, 9.17) is 11.6 Å². The van der Waals surface area contributed by atoms with E-state index in [2.05, 4.69) is 16.3 Å². The van der Waals surface area contributed by atoms with Crippen LogP contribution in [0.1, 0.15) is 17.2 Å². The Kier molecular flexibility index (Phi) is 4.13. The van der Waals surface area contributed by atoms with Crippen LogP contribution in [0, 0.1) is 11.3 Å². The molecule has 0 amide bonds. The molecule has 1 heterocycles. The van der Waals surface area contributed by atoms with Crippen LogP contribution < -0.4 is 0 Å². The summed E-state index contributed by atoms with van der Waals surface area (Å²) in [5.74, 6) is -0.485. The number of aromatic nitrogens is 2. The molecule has 106 valence electrons. The molecule has 0 fully saturated rings. The first-order chi connectivity index (χ1) is 10.8. The standard InChI is InChI=1S/C18H12ClN3/c19-18-11-10-17(21-22-18)16(12-20)15-9-5-4-8-14(15)13-6-2-1-3-7-13/h1-11,16H. The molecule has 0 N–H and O–H groups in total. The number of hydrogen-bond donors (Lipinski definition) is 0. The van der Waals surface area contributed by atoms with Gasteiger partial charge in [-0.2, -0.15) is 10.4 Å². The van der Waals surface area contributed by atoms with Gasteiger partial charge in [0.25, 0.3) is 0 Å². The Bertz CT molecular complexity index is 808. The molecule has 0 saturated heterocycles. The molecule has 2 aromatic carbocycles. The predicted octanol–water partition coefficient (Wildman–Crippen LogP) is 4.45. The van der Waals surface area contributed by atoms with Gasteiger partial charge in [-0.1, -0.05) is 66.2 Å². The van der Waals surface area contributed by atoms with Gasteiger partial charge in [-0.25, -0.2) is 0 Å². The van der Waals surface area contributed by atoms with Gasteiger partial charge in [-0.15, -0.1) is 5.10 Å². The van der Waals surface area contributed by atoms with E-state index in [0.29, 0.717) is 10.8 Å². The van der Waals surface area contributed by atoms with Gasteiger partial charge in [0.05, 0.1) is 11.8 Å². The summed E-state index contributed by atoms with van der Waals surface area (Å²) in [7, 11) is 0. The Hall–Kier alpha value is -2.70. The number of nitrogens with zero attached hydrogens (tertiary/aromatic N) is 3. The maximum atomic E-state index is 9.62. The highest BCUT2D eigenvalue weighted by Crippen LogP contribution is 2.32. The molecule has 0 spiro atoms. The van der Waals surface area contributed by atoms with Crippen LogP contribution >= 0.6 is 11.6 Å². The lowest BCUT2D eigenvalue weighted by Gasteiger charge is -2.14. The van der Waals surface area contributed by atoms with Gasteiger partial charge in [0.1, 0.15) is 5.92 Å². The molecule has 1 atom stereocenters. The van der Waals surface area contributed by atoms with Crippen molar-refractivity contribution in [3.05, 3.63) is 83.1 Å². The summed E-state index contributed by atoms with van der Waals surface area (Å²) in [6.07, 6.45) is 0. The first-order valence-electron chi connectivity index (χ1n) is 6.82. The lowest BCUT2D eigenvalue weighted by atomic mass is 9.89. The monoisotopic (exact) mass is 305 g/mol. The van der Waals surface area contributed by atoms with E-state index in [0.717, 1.165) is 16.7 Å². The molecule has 0 aliphatic rings. The summed E-state index contributed by atoms with van der Waals surface area (Å²) in [5, 5.41) is 17.8. The zero-order valence-electron chi connectivity index (χ0n) is 11.6. The highest BCUT2D eigenvalue weighted by Gasteiger charge is 2.19. The Morgan fingerprint density at radius 2 is 1.59 bits per heavy atom. The molecular formula is C18H12ClN3. The van der Waals surface area contributed by atoms with Gasteiger partial charge >= 0.3 is 0 Å². The Balaban J connectivity index is 2.11. The van der Waals surface area contributed by atoms with Crippen molar-refractivity contribution >= 4 is 11.6 Å². The molecule has 0 aliphatic carbocycles. The summed E-state index contributed by atoms with van der Waals surface area (Å²) in [6.45, 7) is 0. The fourth-order valence-corrected chi connectivity index (χ4v) is 2.51. The third-order valence-electron chi connectivity index (χ3n) is 3.43. The van der Waals surface area contributed by atoms with Gasteiger partial charge in [0.2, 0.25) is 0 Å². The van der Waals surface area contributed by atoms with Crippen LogP contribution in [-0.4, -0.2) is 10.2 Å². The van der Waals surface area contributed by atoms with Gasteiger partial charge in [-0.05, 0) is 28.8 Å². The normalized spacial score (nSPS) is 11.6. The average molecular weight is 306 g/mol. The maximum Gasteiger partial charge on any atom is 0.151 e. The largest absolute Gasteiger partial charge is 0.197 e. The van der Waals surface area contributed by atoms with Crippen molar-refractivity contribution in [2.24, 2.45) is 0 Å². The van der Waals surface area contributed by atoms with E-state index in [9.17, 15) is 5.26 Å². The van der Waals surface area contributed by atoms with Crippen molar-refractivity contribution in [1.29, 1.82) is 5.26 Å². The van der Waals surface area contributed by atoms with Crippen LogP contribution in [0.25, 0.3) is 11.1 Å². The zero-order valence-corrected chi connectivity index (χ0v) is 12.4. The minimum Gasteiger partial charge on any atom is -0.197 e. The summed E-state index contributed by atoms with van der Waals surface area (Å²) < 4.78 is 0. The highest BCUT2D eigenvalue weighted by molar-refractivity contribution is 6.29. The van der Waals surface area contributed by atoms with Crippen molar-refractivity contribution in [3.63, 3.8) is 0 Å². The third kappa shape index (κ3) is 2.83. The summed E-state index contributed by atoms with van der Waals surface area (Å²) >= 11 is 5.78. The maximum absolute atomic E-state index is 9.62. The quantitative estimate of drug-likeness (QED) is 0.718. The van der Waals surface area contributed by atoms with E-state index in [1.165, 1.54) is 0 Å². The third-order valence-corrected chi connectivity index (χ3v) is 3.64. The van der Waals surface area contributed by atoms with Crippen LogP contribution in [0.3, 0.4) is 0 Å². The Morgan fingerprint density at radius 1 is 0.864 bits per heavy atom. The lowest BCUT2D eigenvalue weighted by Crippen LogP contribution is -2.04. The molecule has 22 heavy (non-hydrogen) atoms. The van der Waals surface area contributed by atoms with E-state index < -0.39 is 5.92 Å². The minimum atomic E-state index is -0.485. The number of halogens is 1. The SMILES string of the molecule is N#CC(c1ccc(Cl)nn1)c1ccccc1-c1ccccc1. The van der Waals surface area contributed by atoms with Gasteiger partial charge in [0, 0.05) is 0 Å². The number of benzene rings is 2. The van der Waals surface area contributed by atoms with Crippen LogP contribution in [0.4, 0.5) is 0 Å². The second-order valence-corrected chi connectivity index (χ2v) is 5.18. The number of hydrogen-bond acceptors (Lipinski definition) is 3. The molecule has 0 bridgehead atoms. The number of nitriles is 1. The van der Waals surface area contributed by atoms with E-state index >= 15 is 0 Å². The molecule has 3 rings (SSSR count). The molecule has 0 aliphatic heterocycles. The Morgan fingerprint density at radius 3 is 2.27 bits per heavy atom. The van der Waals surface area contributed by atoms with E-state index in [-0.39, 0.29) is 0 Å². The molecule has 0 saturated carbocycles. The summed E-state index contributed by atoms with van der Waals surface area (Å²) in [6, 6.07) is 23.6. The molecule has 4 heteroatoms. The Labute approximate surface area is 133 Å². The van der Waals surface area contributed by atoms with Gasteiger partial charge < -0.3 is 0 Å². The van der Waals surface area contributed by atoms with Crippen LogP contribution in [0.5, 0.6) is 0 Å².